The molecule has 102 valence electrons. The van der Waals surface area contributed by atoms with Crippen molar-refractivity contribution in [3.8, 4) is 0 Å². The molecule has 0 bridgehead atoms. The smallest absolute Gasteiger partial charge is 0.287 e. The van der Waals surface area contributed by atoms with Crippen LogP contribution in [-0.4, -0.2) is 23.7 Å². The Hall–Kier alpha value is -1.33. The standard InChI is InChI=1S/C14H16BrNO3/c1-2-3-11(17)8-16-14(18)13-7-9-6-10(15)4-5-12(9)19-13/h4-7,11,17H,2-3,8H2,1H3,(H,16,18). The summed E-state index contributed by atoms with van der Waals surface area (Å²) in [4.78, 5) is 11.9. The second-order valence-electron chi connectivity index (χ2n) is 4.45. The molecular weight excluding hydrogens is 310 g/mol. The van der Waals surface area contributed by atoms with E-state index in [-0.39, 0.29) is 18.2 Å². The van der Waals surface area contributed by atoms with Crippen LogP contribution in [0.3, 0.4) is 0 Å². The normalized spacial score (nSPS) is 12.6. The maximum Gasteiger partial charge on any atom is 0.287 e. The van der Waals surface area contributed by atoms with Gasteiger partial charge in [0.1, 0.15) is 5.58 Å². The molecule has 2 rings (SSSR count). The lowest BCUT2D eigenvalue weighted by Crippen LogP contribution is -2.31. The molecule has 0 saturated carbocycles. The van der Waals surface area contributed by atoms with E-state index in [1.165, 1.54) is 0 Å². The molecular formula is C14H16BrNO3. The summed E-state index contributed by atoms with van der Waals surface area (Å²) in [7, 11) is 0. The summed E-state index contributed by atoms with van der Waals surface area (Å²) < 4.78 is 6.40. The summed E-state index contributed by atoms with van der Waals surface area (Å²) in [6.07, 6.45) is 1.05. The van der Waals surface area contributed by atoms with Crippen molar-refractivity contribution in [2.24, 2.45) is 0 Å². The molecule has 0 spiro atoms. The number of halogens is 1. The highest BCUT2D eigenvalue weighted by Crippen LogP contribution is 2.23. The van der Waals surface area contributed by atoms with Gasteiger partial charge in [-0.15, -0.1) is 0 Å². The van der Waals surface area contributed by atoms with Crippen molar-refractivity contribution in [2.75, 3.05) is 6.54 Å². The van der Waals surface area contributed by atoms with E-state index in [2.05, 4.69) is 21.2 Å². The molecule has 0 aliphatic heterocycles. The first-order valence-electron chi connectivity index (χ1n) is 6.25. The van der Waals surface area contributed by atoms with Crippen molar-refractivity contribution in [3.05, 3.63) is 34.5 Å². The van der Waals surface area contributed by atoms with Crippen LogP contribution in [0.15, 0.2) is 33.2 Å². The summed E-state index contributed by atoms with van der Waals surface area (Å²) in [5.41, 5.74) is 0.669. The molecule has 2 aromatic rings. The lowest BCUT2D eigenvalue weighted by atomic mass is 10.2. The van der Waals surface area contributed by atoms with Crippen LogP contribution in [-0.2, 0) is 0 Å². The molecule has 0 aliphatic rings. The summed E-state index contributed by atoms with van der Waals surface area (Å²) in [5.74, 6) is -0.0423. The SMILES string of the molecule is CCCC(O)CNC(=O)c1cc2cc(Br)ccc2o1. The number of nitrogens with one attached hydrogen (secondary N) is 1. The maximum atomic E-state index is 11.9. The summed E-state index contributed by atoms with van der Waals surface area (Å²) in [6.45, 7) is 2.23. The molecule has 0 aliphatic carbocycles. The van der Waals surface area contributed by atoms with E-state index in [0.29, 0.717) is 12.0 Å². The summed E-state index contributed by atoms with van der Waals surface area (Å²) in [5, 5.41) is 13.1. The molecule has 2 N–H and O–H groups in total. The number of carbonyl (C=O) groups is 1. The zero-order valence-electron chi connectivity index (χ0n) is 10.6. The van der Waals surface area contributed by atoms with Crippen molar-refractivity contribution in [2.45, 2.75) is 25.9 Å². The van der Waals surface area contributed by atoms with Crippen LogP contribution in [0.2, 0.25) is 0 Å². The fraction of sp³-hybridized carbons (Fsp3) is 0.357. The van der Waals surface area contributed by atoms with Gasteiger partial charge in [0.15, 0.2) is 5.76 Å². The topological polar surface area (TPSA) is 62.5 Å². The fourth-order valence-corrected chi connectivity index (χ4v) is 2.24. The van der Waals surface area contributed by atoms with Gasteiger partial charge in [0, 0.05) is 16.4 Å². The minimum absolute atomic E-state index is 0.243. The predicted molar refractivity (Wildman–Crippen MR) is 77.2 cm³/mol. The average Bonchev–Trinajstić information content (AvgIpc) is 2.79. The number of rotatable bonds is 5. The summed E-state index contributed by atoms with van der Waals surface area (Å²) >= 11 is 3.37. The van der Waals surface area contributed by atoms with Crippen LogP contribution in [0.4, 0.5) is 0 Å². The molecule has 1 amide bonds. The number of hydrogen-bond donors (Lipinski definition) is 2. The number of aliphatic hydroxyl groups excluding tert-OH is 1. The Kier molecular flexibility index (Phi) is 4.61. The van der Waals surface area contributed by atoms with Gasteiger partial charge >= 0.3 is 0 Å². The van der Waals surface area contributed by atoms with Crippen molar-refractivity contribution in [3.63, 3.8) is 0 Å². The highest BCUT2D eigenvalue weighted by Gasteiger charge is 2.13. The van der Waals surface area contributed by atoms with Crippen molar-refractivity contribution >= 4 is 32.8 Å². The van der Waals surface area contributed by atoms with Gasteiger partial charge in [-0.25, -0.2) is 0 Å². The van der Waals surface area contributed by atoms with Gasteiger partial charge in [-0.2, -0.15) is 0 Å². The zero-order valence-corrected chi connectivity index (χ0v) is 12.2. The number of hydrogen-bond acceptors (Lipinski definition) is 3. The fourth-order valence-electron chi connectivity index (χ4n) is 1.86. The minimum Gasteiger partial charge on any atom is -0.451 e. The Morgan fingerprint density at radius 2 is 2.26 bits per heavy atom. The van der Waals surface area contributed by atoms with Crippen LogP contribution in [0, 0.1) is 0 Å². The van der Waals surface area contributed by atoms with Gasteiger partial charge in [-0.3, -0.25) is 4.79 Å². The molecule has 1 aromatic carbocycles. The third-order valence-corrected chi connectivity index (χ3v) is 3.32. The molecule has 4 nitrogen and oxygen atoms in total. The Morgan fingerprint density at radius 3 is 3.00 bits per heavy atom. The predicted octanol–water partition coefficient (Wildman–Crippen LogP) is 3.09. The molecule has 19 heavy (non-hydrogen) atoms. The number of aliphatic hydroxyl groups is 1. The van der Waals surface area contributed by atoms with Gasteiger partial charge in [0.2, 0.25) is 0 Å². The third kappa shape index (κ3) is 3.58. The van der Waals surface area contributed by atoms with Crippen molar-refractivity contribution in [1.82, 2.24) is 5.32 Å². The van der Waals surface area contributed by atoms with Gasteiger partial charge in [0.25, 0.3) is 5.91 Å². The second kappa shape index (κ2) is 6.21. The number of carbonyl (C=O) groups excluding carboxylic acids is 1. The molecule has 1 heterocycles. The highest BCUT2D eigenvalue weighted by molar-refractivity contribution is 9.10. The molecule has 1 atom stereocenters. The lowest BCUT2D eigenvalue weighted by Gasteiger charge is -2.09. The van der Waals surface area contributed by atoms with Crippen LogP contribution >= 0.6 is 15.9 Å². The molecule has 1 unspecified atom stereocenters. The van der Waals surface area contributed by atoms with Gasteiger partial charge < -0.3 is 14.8 Å². The number of benzene rings is 1. The average molecular weight is 326 g/mol. The van der Waals surface area contributed by atoms with E-state index in [4.69, 9.17) is 4.42 Å². The van der Waals surface area contributed by atoms with Crippen LogP contribution in [0.1, 0.15) is 30.3 Å². The first-order valence-corrected chi connectivity index (χ1v) is 7.05. The van der Waals surface area contributed by atoms with Gasteiger partial charge in [0.05, 0.1) is 6.10 Å². The Labute approximate surface area is 119 Å². The first-order chi connectivity index (χ1) is 9.10. The Balaban J connectivity index is 2.05. The third-order valence-electron chi connectivity index (χ3n) is 2.82. The number of amides is 1. The minimum atomic E-state index is -0.507. The number of fused-ring (bicyclic) bond motifs is 1. The second-order valence-corrected chi connectivity index (χ2v) is 5.36. The van der Waals surface area contributed by atoms with E-state index in [1.54, 1.807) is 6.07 Å². The molecule has 5 heteroatoms. The zero-order chi connectivity index (χ0) is 13.8. The highest BCUT2D eigenvalue weighted by atomic mass is 79.9. The monoisotopic (exact) mass is 325 g/mol. The number of furan rings is 1. The van der Waals surface area contributed by atoms with Crippen molar-refractivity contribution < 1.29 is 14.3 Å². The van der Waals surface area contributed by atoms with Gasteiger partial charge in [-0.1, -0.05) is 29.3 Å². The van der Waals surface area contributed by atoms with Crippen LogP contribution in [0.5, 0.6) is 0 Å². The molecule has 0 radical (unpaired) electrons. The largest absolute Gasteiger partial charge is 0.451 e. The van der Waals surface area contributed by atoms with E-state index in [0.717, 1.165) is 16.3 Å². The van der Waals surface area contributed by atoms with Gasteiger partial charge in [-0.05, 0) is 30.7 Å². The van der Waals surface area contributed by atoms with Crippen LogP contribution in [0.25, 0.3) is 11.0 Å². The van der Waals surface area contributed by atoms with E-state index >= 15 is 0 Å². The molecule has 0 fully saturated rings. The Bertz CT molecular complexity index is 579. The van der Waals surface area contributed by atoms with Crippen LogP contribution < -0.4 is 5.32 Å². The lowest BCUT2D eigenvalue weighted by molar-refractivity contribution is 0.0885. The molecule has 0 saturated heterocycles. The van der Waals surface area contributed by atoms with E-state index in [1.807, 2.05) is 25.1 Å². The van der Waals surface area contributed by atoms with E-state index < -0.39 is 6.10 Å². The maximum absolute atomic E-state index is 11.9. The van der Waals surface area contributed by atoms with E-state index in [9.17, 15) is 9.90 Å². The van der Waals surface area contributed by atoms with Crippen molar-refractivity contribution in [1.29, 1.82) is 0 Å². The summed E-state index contributed by atoms with van der Waals surface area (Å²) in [6, 6.07) is 7.25. The first kappa shape index (κ1) is 14.1. The Morgan fingerprint density at radius 1 is 1.47 bits per heavy atom. The quantitative estimate of drug-likeness (QED) is 0.887. The molecule has 1 aromatic heterocycles.